The van der Waals surface area contributed by atoms with E-state index in [1.165, 1.54) is 46.5 Å². The van der Waals surface area contributed by atoms with Crippen LogP contribution in [0.5, 0.6) is 0 Å². The van der Waals surface area contributed by atoms with E-state index >= 15 is 0 Å². The zero-order valence-corrected chi connectivity index (χ0v) is 15.5. The minimum atomic E-state index is -3.48. The van der Waals surface area contributed by atoms with Crippen LogP contribution in [0.25, 0.3) is 0 Å². The zero-order chi connectivity index (χ0) is 18.6. The monoisotopic (exact) mass is 395 g/mol. The highest BCUT2D eigenvalue weighted by Crippen LogP contribution is 2.22. The van der Waals surface area contributed by atoms with Crippen molar-refractivity contribution in [3.63, 3.8) is 0 Å². The van der Waals surface area contributed by atoms with Gasteiger partial charge in [-0.15, -0.1) is 0 Å². The van der Waals surface area contributed by atoms with Crippen LogP contribution < -0.4 is 5.32 Å². The summed E-state index contributed by atoms with van der Waals surface area (Å²) in [6.07, 6.45) is 3.07. The predicted octanol–water partition coefficient (Wildman–Crippen LogP) is 2.74. The van der Waals surface area contributed by atoms with Gasteiger partial charge in [-0.25, -0.2) is 17.8 Å². The summed E-state index contributed by atoms with van der Waals surface area (Å²) < 4.78 is 39.4. The Balaban J connectivity index is 1.56. The molecule has 138 valence electrons. The van der Waals surface area contributed by atoms with Gasteiger partial charge in [0, 0.05) is 25.0 Å². The van der Waals surface area contributed by atoms with Gasteiger partial charge in [-0.2, -0.15) is 4.31 Å². The number of carbonyl (C=O) groups is 1. The van der Waals surface area contributed by atoms with E-state index in [9.17, 15) is 17.6 Å². The second-order valence-electron chi connectivity index (χ2n) is 5.79. The highest BCUT2D eigenvalue weighted by Gasteiger charge is 2.27. The van der Waals surface area contributed by atoms with Gasteiger partial charge in [0.25, 0.3) is 0 Å². The Morgan fingerprint density at radius 3 is 2.65 bits per heavy atom. The van der Waals surface area contributed by atoms with Crippen molar-refractivity contribution in [2.45, 2.75) is 22.8 Å². The number of benzene rings is 1. The Kier molecular flexibility index (Phi) is 5.90. The highest BCUT2D eigenvalue weighted by atomic mass is 32.2. The normalized spacial score (nSPS) is 15.1. The third-order valence-electron chi connectivity index (χ3n) is 3.87. The van der Waals surface area contributed by atoms with Gasteiger partial charge in [0.15, 0.2) is 0 Å². The fraction of sp³-hybridized carbons (Fsp3) is 0.294. The fourth-order valence-electron chi connectivity index (χ4n) is 2.59. The lowest BCUT2D eigenvalue weighted by Crippen LogP contribution is -2.27. The number of hydrogen-bond donors (Lipinski definition) is 1. The van der Waals surface area contributed by atoms with Gasteiger partial charge < -0.3 is 5.32 Å². The Bertz CT molecular complexity index is 882. The second kappa shape index (κ2) is 8.15. The van der Waals surface area contributed by atoms with Crippen molar-refractivity contribution in [3.8, 4) is 0 Å². The molecule has 0 atom stereocenters. The molecule has 9 heteroatoms. The van der Waals surface area contributed by atoms with Gasteiger partial charge in [-0.3, -0.25) is 4.79 Å². The quantitative estimate of drug-likeness (QED) is 0.761. The molecule has 0 spiro atoms. The maximum Gasteiger partial charge on any atom is 0.244 e. The molecular weight excluding hydrogens is 377 g/mol. The van der Waals surface area contributed by atoms with E-state index in [4.69, 9.17) is 0 Å². The molecule has 0 unspecified atom stereocenters. The molecule has 1 amide bonds. The first-order valence-corrected chi connectivity index (χ1v) is 10.5. The fourth-order valence-corrected chi connectivity index (χ4v) is 4.69. The summed E-state index contributed by atoms with van der Waals surface area (Å²) in [6.45, 7) is 1.08. The third kappa shape index (κ3) is 4.60. The summed E-state index contributed by atoms with van der Waals surface area (Å²) in [6, 6.07) is 8.74. The molecule has 1 fully saturated rings. The lowest BCUT2D eigenvalue weighted by Gasteiger charge is -2.15. The number of amides is 1. The van der Waals surface area contributed by atoms with Crippen molar-refractivity contribution in [1.29, 1.82) is 0 Å². The van der Waals surface area contributed by atoms with E-state index in [0.717, 1.165) is 12.8 Å². The largest absolute Gasteiger partial charge is 0.325 e. The Hall–Kier alpha value is -1.97. The molecule has 6 nitrogen and oxygen atoms in total. The molecular formula is C17H18FN3O3S2. The maximum atomic E-state index is 13.1. The molecule has 2 aromatic rings. The molecule has 0 aliphatic carbocycles. The minimum absolute atomic E-state index is 0.0851. The van der Waals surface area contributed by atoms with Gasteiger partial charge in [0.05, 0.1) is 10.8 Å². The summed E-state index contributed by atoms with van der Waals surface area (Å²) in [5, 5.41) is 3.14. The number of halogens is 1. The van der Waals surface area contributed by atoms with E-state index in [-0.39, 0.29) is 16.6 Å². The lowest BCUT2D eigenvalue weighted by molar-refractivity contribution is -0.113. The van der Waals surface area contributed by atoms with E-state index < -0.39 is 15.8 Å². The first-order valence-electron chi connectivity index (χ1n) is 8.09. The summed E-state index contributed by atoms with van der Waals surface area (Å²) >= 11 is 1.18. The highest BCUT2D eigenvalue weighted by molar-refractivity contribution is 7.99. The lowest BCUT2D eigenvalue weighted by atomic mass is 10.3. The van der Waals surface area contributed by atoms with Crippen LogP contribution in [0.2, 0.25) is 0 Å². The average Bonchev–Trinajstić information content (AvgIpc) is 3.16. The van der Waals surface area contributed by atoms with Crippen LogP contribution in [0, 0.1) is 5.82 Å². The Labute approximate surface area is 155 Å². The van der Waals surface area contributed by atoms with Crippen LogP contribution in [-0.4, -0.2) is 42.5 Å². The van der Waals surface area contributed by atoms with Crippen LogP contribution in [0.4, 0.5) is 10.1 Å². The number of pyridine rings is 1. The van der Waals surface area contributed by atoms with E-state index in [1.807, 2.05) is 0 Å². The maximum absolute atomic E-state index is 13.1. The van der Waals surface area contributed by atoms with Crippen LogP contribution in [-0.2, 0) is 14.8 Å². The summed E-state index contributed by atoms with van der Waals surface area (Å²) in [7, 11) is -3.48. The molecule has 2 heterocycles. The standard InChI is InChI=1S/C17H18FN3O3S2/c18-13-4-3-5-14(10-13)20-16(22)12-25-17-7-6-15(11-19-17)26(23,24)21-8-1-2-9-21/h3-7,10-11H,1-2,8-9,12H2,(H,20,22). The number of hydrogen-bond acceptors (Lipinski definition) is 5. The molecule has 0 bridgehead atoms. The first kappa shape index (κ1) is 18.8. The summed E-state index contributed by atoms with van der Waals surface area (Å²) in [5.74, 6) is -0.634. The van der Waals surface area contributed by atoms with Crippen molar-refractivity contribution >= 4 is 33.4 Å². The molecule has 1 aliphatic rings. The summed E-state index contributed by atoms with van der Waals surface area (Å²) in [4.78, 5) is 16.2. The number of carbonyl (C=O) groups excluding carboxylic acids is 1. The SMILES string of the molecule is O=C(CSc1ccc(S(=O)(=O)N2CCCC2)cn1)Nc1cccc(F)c1. The van der Waals surface area contributed by atoms with Gasteiger partial charge in [-0.05, 0) is 43.2 Å². The van der Waals surface area contributed by atoms with Gasteiger partial charge in [-0.1, -0.05) is 17.8 Å². The minimum Gasteiger partial charge on any atom is -0.325 e. The molecule has 1 saturated heterocycles. The number of aromatic nitrogens is 1. The molecule has 0 radical (unpaired) electrons. The number of sulfonamides is 1. The molecule has 3 rings (SSSR count). The predicted molar refractivity (Wildman–Crippen MR) is 98.0 cm³/mol. The number of anilines is 1. The van der Waals surface area contributed by atoms with Crippen molar-refractivity contribution in [1.82, 2.24) is 9.29 Å². The number of thioether (sulfide) groups is 1. The van der Waals surface area contributed by atoms with Crippen LogP contribution in [0.3, 0.4) is 0 Å². The molecule has 1 aromatic carbocycles. The Morgan fingerprint density at radius 2 is 2.00 bits per heavy atom. The van der Waals surface area contributed by atoms with Crippen LogP contribution >= 0.6 is 11.8 Å². The number of nitrogens with zero attached hydrogens (tertiary/aromatic N) is 2. The summed E-state index contributed by atoms with van der Waals surface area (Å²) in [5.41, 5.74) is 0.385. The first-order chi connectivity index (χ1) is 12.4. The smallest absolute Gasteiger partial charge is 0.244 e. The van der Waals surface area contributed by atoms with Crippen LogP contribution in [0.1, 0.15) is 12.8 Å². The molecule has 26 heavy (non-hydrogen) atoms. The average molecular weight is 395 g/mol. The number of nitrogens with one attached hydrogen (secondary N) is 1. The van der Waals surface area contributed by atoms with Crippen molar-refractivity contribution in [2.24, 2.45) is 0 Å². The van der Waals surface area contributed by atoms with E-state index in [1.54, 1.807) is 12.1 Å². The molecule has 1 N–H and O–H groups in total. The Morgan fingerprint density at radius 1 is 1.23 bits per heavy atom. The van der Waals surface area contributed by atoms with Gasteiger partial charge in [0.1, 0.15) is 10.7 Å². The van der Waals surface area contributed by atoms with E-state index in [0.29, 0.717) is 23.8 Å². The third-order valence-corrected chi connectivity index (χ3v) is 6.70. The van der Waals surface area contributed by atoms with Crippen LogP contribution in [0.15, 0.2) is 52.5 Å². The zero-order valence-electron chi connectivity index (χ0n) is 13.9. The van der Waals surface area contributed by atoms with Crippen molar-refractivity contribution in [3.05, 3.63) is 48.4 Å². The molecule has 1 aliphatic heterocycles. The second-order valence-corrected chi connectivity index (χ2v) is 8.72. The molecule has 0 saturated carbocycles. The van der Waals surface area contributed by atoms with E-state index in [2.05, 4.69) is 10.3 Å². The van der Waals surface area contributed by atoms with Crippen molar-refractivity contribution in [2.75, 3.05) is 24.2 Å². The molecule has 1 aromatic heterocycles. The number of rotatable bonds is 6. The van der Waals surface area contributed by atoms with Gasteiger partial charge >= 0.3 is 0 Å². The topological polar surface area (TPSA) is 79.4 Å². The van der Waals surface area contributed by atoms with Crippen molar-refractivity contribution < 1.29 is 17.6 Å². The van der Waals surface area contributed by atoms with Gasteiger partial charge in [0.2, 0.25) is 15.9 Å².